The van der Waals surface area contributed by atoms with Crippen LogP contribution in [0, 0.1) is 0 Å². The molecule has 0 radical (unpaired) electrons. The Morgan fingerprint density at radius 2 is 1.50 bits per heavy atom. The third-order valence-corrected chi connectivity index (χ3v) is 0. The Kier molecular flexibility index (Phi) is 1.88. The summed E-state index contributed by atoms with van der Waals surface area (Å²) in [5, 5.41) is 0. The number of rotatable bonds is 0. The zero-order valence-electron chi connectivity index (χ0n) is 3.02. The molecule has 0 bridgehead atoms. The van der Waals surface area contributed by atoms with Crippen LogP contribution in [0.3, 0.4) is 0 Å². The third-order valence-electron chi connectivity index (χ3n) is 0. The molecule has 24 valence electrons. The molecule has 0 fully saturated rings. The maximum atomic E-state index is 5.18. The summed E-state index contributed by atoms with van der Waals surface area (Å²) >= 11 is 0. The first-order valence-electron chi connectivity index (χ1n) is 1.15. The van der Waals surface area contributed by atoms with E-state index < -0.39 is 0 Å². The summed E-state index contributed by atoms with van der Waals surface area (Å²) in [6, 6.07) is 0. The molecule has 4 heavy (non-hydrogen) atoms. The Hall–Kier alpha value is 0.415. The van der Waals surface area contributed by atoms with E-state index in [9.17, 15) is 0 Å². The van der Waals surface area contributed by atoms with Gasteiger partial charge in [-0.3, -0.25) is 0 Å². The molecule has 0 aromatic carbocycles. The molecule has 0 aliphatic carbocycles. The molecule has 0 saturated heterocycles. The van der Waals surface area contributed by atoms with Crippen LogP contribution in [-0.4, -0.2) is 19.0 Å². The van der Waals surface area contributed by atoms with Gasteiger partial charge in [0.05, 0.1) is 0 Å². The Morgan fingerprint density at radius 3 is 1.50 bits per heavy atom. The standard InChI is InChI=1S/C2H7BS/c1-4(2)3/h4H,1-2H3. The van der Waals surface area contributed by atoms with Crippen molar-refractivity contribution in [2.75, 3.05) is 12.5 Å². The summed E-state index contributed by atoms with van der Waals surface area (Å²) < 4.78 is 0. The molecule has 0 unspecified atom stereocenters. The monoisotopic (exact) mass is 74.0 g/mol. The second-order valence-corrected chi connectivity index (χ2v) is 2.89. The van der Waals surface area contributed by atoms with Crippen molar-refractivity contribution < 1.29 is 0 Å². The SMILES string of the molecule is B#[SH](C)C. The molecule has 0 atom stereocenters. The van der Waals surface area contributed by atoms with E-state index in [2.05, 4.69) is 0 Å². The normalized spacial score (nSPS) is 9.25. The van der Waals surface area contributed by atoms with Gasteiger partial charge in [-0.1, -0.05) is 0 Å². The molecule has 2 heteroatoms. The minimum atomic E-state index is -0.120. The number of hydrogen-bond acceptors (Lipinski definition) is 0. The van der Waals surface area contributed by atoms with Crippen molar-refractivity contribution in [1.82, 2.24) is 0 Å². The summed E-state index contributed by atoms with van der Waals surface area (Å²) in [6.07, 6.45) is 4.02. The van der Waals surface area contributed by atoms with Gasteiger partial charge in [0.1, 0.15) is 0 Å². The fourth-order valence-electron chi connectivity index (χ4n) is 0. The molecule has 0 nitrogen and oxygen atoms in total. The van der Waals surface area contributed by atoms with Gasteiger partial charge in [-0.25, -0.2) is 0 Å². The molecule has 0 aliphatic heterocycles. The minimum absolute atomic E-state index is 0.120. The van der Waals surface area contributed by atoms with Gasteiger partial charge in [-0.15, -0.1) is 0 Å². The topological polar surface area (TPSA) is 0 Å². The first-order chi connectivity index (χ1) is 1.73. The van der Waals surface area contributed by atoms with Gasteiger partial charge in [-0.2, -0.15) is 0 Å². The molecule has 0 aliphatic rings. The number of thiol groups is 1. The van der Waals surface area contributed by atoms with Crippen molar-refractivity contribution in [3.05, 3.63) is 0 Å². The quantitative estimate of drug-likeness (QED) is 0.310. The van der Waals surface area contributed by atoms with Crippen LogP contribution in [0.4, 0.5) is 0 Å². The zero-order chi connectivity index (χ0) is 3.58. The third kappa shape index (κ3) is 28.1. The van der Waals surface area contributed by atoms with E-state index in [1.165, 1.54) is 0 Å². The average Bonchev–Trinajstić information content (AvgIpc) is 0.811. The van der Waals surface area contributed by atoms with E-state index in [0.717, 1.165) is 0 Å². The second-order valence-electron chi connectivity index (χ2n) is 0.964. The number of hydrogen-bond donors (Lipinski definition) is 1. The van der Waals surface area contributed by atoms with Gasteiger partial charge < -0.3 is 0 Å². The zero-order valence-corrected chi connectivity index (χ0v) is 3.92. The van der Waals surface area contributed by atoms with Crippen molar-refractivity contribution in [3.8, 4) is 0 Å². The maximum absolute atomic E-state index is 5.18. The molecule has 0 spiro atoms. The van der Waals surface area contributed by atoms with Gasteiger partial charge in [0.2, 0.25) is 0 Å². The van der Waals surface area contributed by atoms with Gasteiger partial charge in [0, 0.05) is 0 Å². The van der Waals surface area contributed by atoms with E-state index in [-0.39, 0.29) is 10.1 Å². The van der Waals surface area contributed by atoms with Crippen molar-refractivity contribution in [3.63, 3.8) is 0 Å². The first-order valence-corrected chi connectivity index (χ1v) is 3.46. The summed E-state index contributed by atoms with van der Waals surface area (Å²) in [4.78, 5) is 0. The van der Waals surface area contributed by atoms with Crippen molar-refractivity contribution in [2.45, 2.75) is 0 Å². The van der Waals surface area contributed by atoms with Gasteiger partial charge in [-0.05, 0) is 0 Å². The van der Waals surface area contributed by atoms with Gasteiger partial charge in [0.25, 0.3) is 0 Å². The fraction of sp³-hybridized carbons (Fsp3) is 1.00. The van der Waals surface area contributed by atoms with Crippen molar-refractivity contribution in [2.24, 2.45) is 0 Å². The Balaban J connectivity index is 3.02. The van der Waals surface area contributed by atoms with E-state index in [0.29, 0.717) is 0 Å². The summed E-state index contributed by atoms with van der Waals surface area (Å²) in [7, 11) is -0.120. The van der Waals surface area contributed by atoms with E-state index in [4.69, 9.17) is 6.53 Å². The molecule has 0 amide bonds. The molecule has 0 rings (SSSR count). The van der Waals surface area contributed by atoms with E-state index in [1.54, 1.807) is 0 Å². The second kappa shape index (κ2) is 1.71. The van der Waals surface area contributed by atoms with Crippen LogP contribution in [0.15, 0.2) is 0 Å². The Labute approximate surface area is 30.0 Å². The van der Waals surface area contributed by atoms with Crippen LogP contribution in [0.5, 0.6) is 0 Å². The fourth-order valence-corrected chi connectivity index (χ4v) is 0. The van der Waals surface area contributed by atoms with Crippen LogP contribution in [-0.2, 0) is 0 Å². The molecule has 0 aromatic heterocycles. The molecule has 0 saturated carbocycles. The van der Waals surface area contributed by atoms with Crippen LogP contribution in [0.1, 0.15) is 0 Å². The first kappa shape index (κ1) is 4.41. The van der Waals surface area contributed by atoms with Crippen LogP contribution >= 0.6 is 10.1 Å². The van der Waals surface area contributed by atoms with E-state index in [1.807, 2.05) is 12.5 Å². The predicted octanol–water partition coefficient (Wildman–Crippen LogP) is 0.331. The predicted molar refractivity (Wildman–Crippen MR) is 26.6 cm³/mol. The average molecular weight is 74.0 g/mol. The molecule has 0 N–H and O–H groups in total. The molecular formula is C2H7BS. The van der Waals surface area contributed by atoms with Gasteiger partial charge in [0.15, 0.2) is 0 Å². The summed E-state index contributed by atoms with van der Waals surface area (Å²) in [6.45, 7) is 5.18. The summed E-state index contributed by atoms with van der Waals surface area (Å²) in [5.41, 5.74) is 0. The Morgan fingerprint density at radius 1 is 1.50 bits per heavy atom. The van der Waals surface area contributed by atoms with Crippen molar-refractivity contribution in [1.29, 1.82) is 0 Å². The summed E-state index contributed by atoms with van der Waals surface area (Å²) in [5.74, 6) is 0. The molecule has 0 aromatic rings. The van der Waals surface area contributed by atoms with Crippen LogP contribution in [0.2, 0.25) is 0 Å². The van der Waals surface area contributed by atoms with E-state index >= 15 is 0 Å². The van der Waals surface area contributed by atoms with Gasteiger partial charge >= 0.3 is 29.2 Å². The molecular weight excluding hydrogens is 66.9 g/mol. The van der Waals surface area contributed by atoms with Crippen LogP contribution in [0.25, 0.3) is 0 Å². The van der Waals surface area contributed by atoms with Crippen LogP contribution < -0.4 is 0 Å². The molecule has 0 heterocycles. The Bertz CT molecular complexity index is 52.2. The van der Waals surface area contributed by atoms with Crippen molar-refractivity contribution >= 4 is 16.7 Å².